The second-order valence-corrected chi connectivity index (χ2v) is 6.41. The van der Waals surface area contributed by atoms with Crippen molar-refractivity contribution < 1.29 is 24.2 Å². The number of carboxylic acid groups (broad SMARTS) is 1. The van der Waals surface area contributed by atoms with Gasteiger partial charge in [-0.15, -0.1) is 0 Å². The molecule has 2 aromatic rings. The van der Waals surface area contributed by atoms with E-state index in [1.165, 1.54) is 24.3 Å². The fourth-order valence-corrected chi connectivity index (χ4v) is 2.97. The maximum absolute atomic E-state index is 12.8. The highest BCUT2D eigenvalue weighted by atomic mass is 16.5. The molecule has 6 nitrogen and oxygen atoms in total. The average Bonchev–Trinajstić information content (AvgIpc) is 2.89. The van der Waals surface area contributed by atoms with Crippen LogP contribution in [0.2, 0.25) is 0 Å². The number of carbonyl (C=O) groups excluding carboxylic acids is 2. The van der Waals surface area contributed by atoms with Crippen LogP contribution in [0.5, 0.6) is 5.75 Å². The first-order valence-corrected chi connectivity index (χ1v) is 8.33. The molecule has 0 saturated carbocycles. The molecule has 1 fully saturated rings. The summed E-state index contributed by atoms with van der Waals surface area (Å²) in [6.45, 7) is 3.86. The van der Waals surface area contributed by atoms with Gasteiger partial charge in [0.15, 0.2) is 0 Å². The standard InChI is InChI=1S/C20H19NO5/c1-12(2)26-16-9-5-13(6-10-16)17-11-18(22)21(19(17)23)15-7-3-14(4-8-15)20(24)25/h3-10,12,17H,11H2,1-2H3,(H,24,25)/t17-/m0/s1. The van der Waals surface area contributed by atoms with E-state index in [0.717, 1.165) is 10.5 Å². The fraction of sp³-hybridized carbons (Fsp3) is 0.250. The Bertz CT molecular complexity index is 840. The predicted molar refractivity (Wildman–Crippen MR) is 95.5 cm³/mol. The van der Waals surface area contributed by atoms with E-state index in [2.05, 4.69) is 0 Å². The Morgan fingerprint density at radius 2 is 1.69 bits per heavy atom. The molecule has 26 heavy (non-hydrogen) atoms. The van der Waals surface area contributed by atoms with Crippen LogP contribution in [0.4, 0.5) is 5.69 Å². The Kier molecular flexibility index (Phi) is 4.75. The molecule has 1 N–H and O–H groups in total. The van der Waals surface area contributed by atoms with Crippen LogP contribution in [0.15, 0.2) is 48.5 Å². The fourth-order valence-electron chi connectivity index (χ4n) is 2.97. The van der Waals surface area contributed by atoms with Crippen LogP contribution in [-0.4, -0.2) is 29.0 Å². The van der Waals surface area contributed by atoms with Crippen LogP contribution in [-0.2, 0) is 9.59 Å². The number of carboxylic acids is 1. The molecule has 0 radical (unpaired) electrons. The number of amides is 2. The van der Waals surface area contributed by atoms with Crippen LogP contribution in [0.25, 0.3) is 0 Å². The number of imide groups is 1. The first-order chi connectivity index (χ1) is 12.4. The Hall–Kier alpha value is -3.15. The highest BCUT2D eigenvalue weighted by Crippen LogP contribution is 2.34. The van der Waals surface area contributed by atoms with Crippen LogP contribution in [0, 0.1) is 0 Å². The van der Waals surface area contributed by atoms with Crippen molar-refractivity contribution in [3.05, 3.63) is 59.7 Å². The van der Waals surface area contributed by atoms with Gasteiger partial charge >= 0.3 is 5.97 Å². The number of rotatable bonds is 5. The molecule has 0 spiro atoms. The maximum atomic E-state index is 12.8. The van der Waals surface area contributed by atoms with Crippen molar-refractivity contribution in [3.8, 4) is 5.75 Å². The second kappa shape index (κ2) is 7.00. The third-order valence-corrected chi connectivity index (χ3v) is 4.17. The van der Waals surface area contributed by atoms with Gasteiger partial charge in [0.05, 0.1) is 23.3 Å². The molecule has 0 unspecified atom stereocenters. The zero-order valence-electron chi connectivity index (χ0n) is 14.5. The van der Waals surface area contributed by atoms with E-state index < -0.39 is 11.9 Å². The van der Waals surface area contributed by atoms with Gasteiger partial charge in [0, 0.05) is 6.42 Å². The van der Waals surface area contributed by atoms with Gasteiger partial charge in [-0.3, -0.25) is 14.5 Å². The highest BCUT2D eigenvalue weighted by Gasteiger charge is 2.40. The van der Waals surface area contributed by atoms with Crippen molar-refractivity contribution in [1.29, 1.82) is 0 Å². The van der Waals surface area contributed by atoms with E-state index in [9.17, 15) is 14.4 Å². The summed E-state index contributed by atoms with van der Waals surface area (Å²) in [4.78, 5) is 37.2. The lowest BCUT2D eigenvalue weighted by Gasteiger charge is -2.16. The van der Waals surface area contributed by atoms with Crippen molar-refractivity contribution in [2.75, 3.05) is 4.90 Å². The van der Waals surface area contributed by atoms with Gasteiger partial charge in [0.2, 0.25) is 11.8 Å². The minimum Gasteiger partial charge on any atom is -0.491 e. The van der Waals surface area contributed by atoms with Crippen LogP contribution in [0.1, 0.15) is 42.1 Å². The molecule has 134 valence electrons. The zero-order valence-corrected chi connectivity index (χ0v) is 14.5. The number of benzene rings is 2. The predicted octanol–water partition coefficient (Wildman–Crippen LogP) is 3.22. The Morgan fingerprint density at radius 1 is 1.08 bits per heavy atom. The summed E-state index contributed by atoms with van der Waals surface area (Å²) < 4.78 is 5.59. The molecule has 6 heteroatoms. The summed E-state index contributed by atoms with van der Waals surface area (Å²) in [5.74, 6) is -1.50. The van der Waals surface area contributed by atoms with E-state index in [-0.39, 0.29) is 29.9 Å². The van der Waals surface area contributed by atoms with E-state index in [0.29, 0.717) is 11.4 Å². The minimum absolute atomic E-state index is 0.0554. The van der Waals surface area contributed by atoms with E-state index in [1.807, 2.05) is 13.8 Å². The van der Waals surface area contributed by atoms with Crippen LogP contribution in [0.3, 0.4) is 0 Å². The van der Waals surface area contributed by atoms with Gasteiger partial charge in [0.25, 0.3) is 0 Å². The molecular weight excluding hydrogens is 334 g/mol. The molecule has 1 atom stereocenters. The third-order valence-electron chi connectivity index (χ3n) is 4.17. The van der Waals surface area contributed by atoms with Gasteiger partial charge in [-0.25, -0.2) is 4.79 Å². The number of nitrogens with zero attached hydrogens (tertiary/aromatic N) is 1. The lowest BCUT2D eigenvalue weighted by molar-refractivity contribution is -0.121. The largest absolute Gasteiger partial charge is 0.491 e. The van der Waals surface area contributed by atoms with Crippen molar-refractivity contribution in [3.63, 3.8) is 0 Å². The van der Waals surface area contributed by atoms with Gasteiger partial charge in [-0.1, -0.05) is 12.1 Å². The second-order valence-electron chi connectivity index (χ2n) is 6.41. The van der Waals surface area contributed by atoms with Crippen molar-refractivity contribution >= 4 is 23.5 Å². The number of hydrogen-bond donors (Lipinski definition) is 1. The van der Waals surface area contributed by atoms with Gasteiger partial charge in [0.1, 0.15) is 5.75 Å². The minimum atomic E-state index is -1.06. The number of aromatic carboxylic acids is 1. The smallest absolute Gasteiger partial charge is 0.335 e. The molecule has 0 bridgehead atoms. The number of anilines is 1. The summed E-state index contributed by atoms with van der Waals surface area (Å²) in [6, 6.07) is 12.9. The van der Waals surface area contributed by atoms with Crippen molar-refractivity contribution in [1.82, 2.24) is 0 Å². The summed E-state index contributed by atoms with van der Waals surface area (Å²) in [7, 11) is 0. The van der Waals surface area contributed by atoms with Crippen molar-refractivity contribution in [2.45, 2.75) is 32.3 Å². The monoisotopic (exact) mass is 353 g/mol. The third kappa shape index (κ3) is 3.44. The molecule has 0 aliphatic carbocycles. The summed E-state index contributed by atoms with van der Waals surface area (Å²) in [6.07, 6.45) is 0.143. The van der Waals surface area contributed by atoms with E-state index in [4.69, 9.17) is 9.84 Å². The Balaban J connectivity index is 1.81. The molecule has 1 aliphatic heterocycles. The Labute approximate surface area is 151 Å². The molecule has 0 aromatic heterocycles. The van der Waals surface area contributed by atoms with Crippen LogP contribution >= 0.6 is 0 Å². The van der Waals surface area contributed by atoms with Gasteiger partial charge in [-0.05, 0) is 55.8 Å². The topological polar surface area (TPSA) is 83.9 Å². The summed E-state index contributed by atoms with van der Waals surface area (Å²) in [5, 5.41) is 8.95. The lowest BCUT2D eigenvalue weighted by Crippen LogP contribution is -2.30. The molecule has 1 aliphatic rings. The first kappa shape index (κ1) is 17.7. The molecule has 1 saturated heterocycles. The number of hydrogen-bond acceptors (Lipinski definition) is 4. The van der Waals surface area contributed by atoms with Gasteiger partial charge in [-0.2, -0.15) is 0 Å². The van der Waals surface area contributed by atoms with Gasteiger partial charge < -0.3 is 9.84 Å². The normalized spacial score (nSPS) is 17.0. The summed E-state index contributed by atoms with van der Waals surface area (Å²) in [5.41, 5.74) is 1.24. The quantitative estimate of drug-likeness (QED) is 0.835. The zero-order chi connectivity index (χ0) is 18.8. The molecule has 2 amide bonds. The lowest BCUT2D eigenvalue weighted by atomic mass is 9.97. The molecule has 2 aromatic carbocycles. The first-order valence-electron chi connectivity index (χ1n) is 8.33. The summed E-state index contributed by atoms with van der Waals surface area (Å²) >= 11 is 0. The maximum Gasteiger partial charge on any atom is 0.335 e. The molecule has 3 rings (SSSR count). The van der Waals surface area contributed by atoms with E-state index in [1.54, 1.807) is 24.3 Å². The molecule has 1 heterocycles. The average molecular weight is 353 g/mol. The molecular formula is C20H19NO5. The van der Waals surface area contributed by atoms with Crippen molar-refractivity contribution in [2.24, 2.45) is 0 Å². The Morgan fingerprint density at radius 3 is 2.23 bits per heavy atom. The number of carbonyl (C=O) groups is 3. The highest BCUT2D eigenvalue weighted by molar-refractivity contribution is 6.22. The SMILES string of the molecule is CC(C)Oc1ccc([C@@H]2CC(=O)N(c3ccc(C(=O)O)cc3)C2=O)cc1. The van der Waals surface area contributed by atoms with Crippen LogP contribution < -0.4 is 9.64 Å². The number of ether oxygens (including phenoxy) is 1. The van der Waals surface area contributed by atoms with E-state index >= 15 is 0 Å².